The number of nitrogens with one attached hydrogen (secondary N) is 1. The highest BCUT2D eigenvalue weighted by molar-refractivity contribution is 7.18. The van der Waals surface area contributed by atoms with Crippen molar-refractivity contribution in [1.82, 2.24) is 15.2 Å². The van der Waals surface area contributed by atoms with E-state index in [1.54, 1.807) is 11.3 Å². The summed E-state index contributed by atoms with van der Waals surface area (Å²) in [6, 6.07) is 16.8. The zero-order chi connectivity index (χ0) is 19.3. The van der Waals surface area contributed by atoms with E-state index in [2.05, 4.69) is 57.8 Å². The predicted octanol–water partition coefficient (Wildman–Crippen LogP) is 4.30. The van der Waals surface area contributed by atoms with Crippen molar-refractivity contribution < 1.29 is 0 Å². The molecule has 0 unspecified atom stereocenters. The van der Waals surface area contributed by atoms with Gasteiger partial charge in [-0.1, -0.05) is 60.7 Å². The van der Waals surface area contributed by atoms with Crippen LogP contribution in [0.3, 0.4) is 0 Å². The Bertz CT molecular complexity index is 1060. The van der Waals surface area contributed by atoms with Gasteiger partial charge in [-0.15, -0.1) is 10.2 Å². The highest BCUT2D eigenvalue weighted by atomic mass is 32.1. The summed E-state index contributed by atoms with van der Waals surface area (Å²) in [7, 11) is 0. The van der Waals surface area contributed by atoms with Gasteiger partial charge in [0, 0.05) is 35.9 Å². The van der Waals surface area contributed by atoms with Gasteiger partial charge in [-0.25, -0.2) is 0 Å². The number of nitrogens with two attached hydrogens (primary N) is 1. The lowest BCUT2D eigenvalue weighted by atomic mass is 10.0. The molecule has 1 atom stereocenters. The average Bonchev–Trinajstić information content (AvgIpc) is 3.21. The van der Waals surface area contributed by atoms with Crippen LogP contribution in [0.25, 0.3) is 21.3 Å². The van der Waals surface area contributed by atoms with Crippen LogP contribution in [0.15, 0.2) is 60.9 Å². The molecule has 0 fully saturated rings. The third-order valence-corrected chi connectivity index (χ3v) is 5.74. The molecule has 4 aromatic rings. The number of pyridine rings is 1. The summed E-state index contributed by atoms with van der Waals surface area (Å²) in [6.45, 7) is 2.68. The fraction of sp³-hybridized carbons (Fsp3) is 0.227. The minimum absolute atomic E-state index is 0.123. The summed E-state index contributed by atoms with van der Waals surface area (Å²) >= 11 is 1.56. The molecule has 0 radical (unpaired) electrons. The highest BCUT2D eigenvalue weighted by Crippen LogP contribution is 2.30. The van der Waals surface area contributed by atoms with E-state index in [0.717, 1.165) is 33.9 Å². The van der Waals surface area contributed by atoms with Gasteiger partial charge in [0.25, 0.3) is 0 Å². The SMILES string of the molecule is CCc1cncc2ccc(-c3nnc(N[C@@H](CN)Cc4ccccc4)s3)cc12. The van der Waals surface area contributed by atoms with Gasteiger partial charge in [0.2, 0.25) is 5.13 Å². The average molecular weight is 390 g/mol. The number of aromatic nitrogens is 3. The van der Waals surface area contributed by atoms with Crippen molar-refractivity contribution in [2.24, 2.45) is 5.73 Å². The first-order chi connectivity index (χ1) is 13.8. The van der Waals surface area contributed by atoms with Gasteiger partial charge in [-0.05, 0) is 35.4 Å². The second-order valence-corrected chi connectivity index (χ2v) is 7.74. The zero-order valence-corrected chi connectivity index (χ0v) is 16.6. The summed E-state index contributed by atoms with van der Waals surface area (Å²) in [5.74, 6) is 0. The van der Waals surface area contributed by atoms with E-state index in [9.17, 15) is 0 Å². The maximum absolute atomic E-state index is 5.97. The summed E-state index contributed by atoms with van der Waals surface area (Å²) in [5.41, 5.74) is 9.54. The van der Waals surface area contributed by atoms with Crippen LogP contribution in [-0.4, -0.2) is 27.8 Å². The fourth-order valence-electron chi connectivity index (χ4n) is 3.30. The van der Waals surface area contributed by atoms with Crippen LogP contribution < -0.4 is 11.1 Å². The van der Waals surface area contributed by atoms with Gasteiger partial charge < -0.3 is 11.1 Å². The Morgan fingerprint density at radius 2 is 1.93 bits per heavy atom. The number of fused-ring (bicyclic) bond motifs is 1. The van der Waals surface area contributed by atoms with Crippen LogP contribution in [0.2, 0.25) is 0 Å². The van der Waals surface area contributed by atoms with Gasteiger partial charge in [-0.3, -0.25) is 4.98 Å². The summed E-state index contributed by atoms with van der Waals surface area (Å²) in [4.78, 5) is 4.32. The molecular formula is C22H23N5S. The first-order valence-electron chi connectivity index (χ1n) is 9.48. The van der Waals surface area contributed by atoms with Crippen LogP contribution in [0.5, 0.6) is 0 Å². The molecular weight excluding hydrogens is 366 g/mol. The molecule has 2 heterocycles. The molecule has 142 valence electrons. The molecule has 28 heavy (non-hydrogen) atoms. The molecule has 0 aliphatic carbocycles. The predicted molar refractivity (Wildman–Crippen MR) is 117 cm³/mol. The first-order valence-corrected chi connectivity index (χ1v) is 10.3. The quantitative estimate of drug-likeness (QED) is 0.493. The van der Waals surface area contributed by atoms with E-state index < -0.39 is 0 Å². The second kappa shape index (κ2) is 8.46. The van der Waals surface area contributed by atoms with Crippen LogP contribution >= 0.6 is 11.3 Å². The lowest BCUT2D eigenvalue weighted by molar-refractivity contribution is 0.721. The normalized spacial score (nSPS) is 12.2. The van der Waals surface area contributed by atoms with Crippen molar-refractivity contribution in [2.75, 3.05) is 11.9 Å². The molecule has 6 heteroatoms. The maximum Gasteiger partial charge on any atom is 0.206 e. The second-order valence-electron chi connectivity index (χ2n) is 6.77. The van der Waals surface area contributed by atoms with Gasteiger partial charge in [0.15, 0.2) is 0 Å². The van der Waals surface area contributed by atoms with Gasteiger partial charge in [-0.2, -0.15) is 0 Å². The Morgan fingerprint density at radius 1 is 1.07 bits per heavy atom. The summed E-state index contributed by atoms with van der Waals surface area (Å²) < 4.78 is 0. The van der Waals surface area contributed by atoms with Crippen molar-refractivity contribution in [1.29, 1.82) is 0 Å². The lowest BCUT2D eigenvalue weighted by Gasteiger charge is -2.15. The van der Waals surface area contributed by atoms with Gasteiger partial charge in [0.05, 0.1) is 0 Å². The molecule has 0 bridgehead atoms. The van der Waals surface area contributed by atoms with Crippen LogP contribution in [-0.2, 0) is 12.8 Å². The lowest BCUT2D eigenvalue weighted by Crippen LogP contribution is -2.30. The Labute approximate surface area is 168 Å². The minimum atomic E-state index is 0.123. The van der Waals surface area contributed by atoms with Crippen molar-refractivity contribution >= 4 is 27.2 Å². The topological polar surface area (TPSA) is 76.7 Å². The maximum atomic E-state index is 5.97. The van der Waals surface area contributed by atoms with Crippen LogP contribution in [0, 0.1) is 0 Å². The summed E-state index contributed by atoms with van der Waals surface area (Å²) in [5, 5.41) is 16.2. The Morgan fingerprint density at radius 3 is 2.71 bits per heavy atom. The molecule has 2 aromatic heterocycles. The van der Waals surface area contributed by atoms with Crippen molar-refractivity contribution in [3.8, 4) is 10.6 Å². The standard InChI is InChI=1S/C22H23N5S/c1-2-16-13-24-14-18-9-8-17(11-20(16)18)21-26-27-22(28-21)25-19(12-23)10-15-6-4-3-5-7-15/h3-9,11,13-14,19H,2,10,12,23H2,1H3,(H,25,27)/t19-/m1/s1. The van der Waals surface area contributed by atoms with E-state index in [0.29, 0.717) is 6.54 Å². The Kier molecular flexibility index (Phi) is 5.60. The number of nitrogens with zero attached hydrogens (tertiary/aromatic N) is 3. The van der Waals surface area contributed by atoms with E-state index >= 15 is 0 Å². The van der Waals surface area contributed by atoms with Crippen molar-refractivity contribution in [3.05, 3.63) is 72.1 Å². The molecule has 0 saturated carbocycles. The minimum Gasteiger partial charge on any atom is -0.356 e. The molecule has 4 rings (SSSR count). The molecule has 0 aliphatic rings. The Hall–Kier alpha value is -2.83. The summed E-state index contributed by atoms with van der Waals surface area (Å²) in [6.07, 6.45) is 5.65. The first kappa shape index (κ1) is 18.5. The molecule has 3 N–H and O–H groups in total. The highest BCUT2D eigenvalue weighted by Gasteiger charge is 2.13. The van der Waals surface area contributed by atoms with Crippen LogP contribution in [0.4, 0.5) is 5.13 Å². The number of hydrogen-bond acceptors (Lipinski definition) is 6. The third-order valence-electron chi connectivity index (χ3n) is 4.83. The molecule has 0 aliphatic heterocycles. The number of benzene rings is 2. The Balaban J connectivity index is 1.54. The number of anilines is 1. The van der Waals surface area contributed by atoms with Gasteiger partial charge in [0.1, 0.15) is 5.01 Å². The molecule has 5 nitrogen and oxygen atoms in total. The van der Waals surface area contributed by atoms with E-state index in [-0.39, 0.29) is 6.04 Å². The molecule has 0 saturated heterocycles. The van der Waals surface area contributed by atoms with E-state index in [4.69, 9.17) is 5.73 Å². The van der Waals surface area contributed by atoms with E-state index in [1.807, 2.05) is 30.6 Å². The molecule has 2 aromatic carbocycles. The monoisotopic (exact) mass is 389 g/mol. The third kappa shape index (κ3) is 4.03. The van der Waals surface area contributed by atoms with Crippen molar-refractivity contribution in [3.63, 3.8) is 0 Å². The molecule has 0 spiro atoms. The largest absolute Gasteiger partial charge is 0.356 e. The zero-order valence-electron chi connectivity index (χ0n) is 15.8. The number of rotatable bonds is 7. The van der Waals surface area contributed by atoms with E-state index in [1.165, 1.54) is 16.5 Å². The number of aryl methyl sites for hydroxylation is 1. The smallest absolute Gasteiger partial charge is 0.206 e. The van der Waals surface area contributed by atoms with Gasteiger partial charge >= 0.3 is 0 Å². The van der Waals surface area contributed by atoms with Crippen molar-refractivity contribution in [2.45, 2.75) is 25.8 Å². The van der Waals surface area contributed by atoms with Crippen LogP contribution in [0.1, 0.15) is 18.1 Å². The molecule has 0 amide bonds. The number of hydrogen-bond donors (Lipinski definition) is 2. The fourth-order valence-corrected chi connectivity index (χ4v) is 4.12.